The van der Waals surface area contributed by atoms with Gasteiger partial charge in [-0.15, -0.1) is 0 Å². The van der Waals surface area contributed by atoms with Gasteiger partial charge in [0.1, 0.15) is 0 Å². The molecule has 0 fully saturated rings. The molecule has 18 heavy (non-hydrogen) atoms. The van der Waals surface area contributed by atoms with E-state index in [0.29, 0.717) is 0 Å². The predicted molar refractivity (Wildman–Crippen MR) is 80.2 cm³/mol. The second kappa shape index (κ2) is 4.15. The zero-order chi connectivity index (χ0) is 13.6. The lowest BCUT2D eigenvalue weighted by Gasteiger charge is -2.41. The zero-order valence-corrected chi connectivity index (χ0v) is 12.5. The Balaban J connectivity index is 2.64. The fraction of sp³-hybridized carbons (Fsp3) is 0.529. The van der Waals surface area contributed by atoms with E-state index in [9.17, 15) is 0 Å². The summed E-state index contributed by atoms with van der Waals surface area (Å²) in [5, 5.41) is 0. The Morgan fingerprint density at radius 1 is 1.00 bits per heavy atom. The zero-order valence-electron chi connectivity index (χ0n) is 12.5. The van der Waals surface area contributed by atoms with Crippen molar-refractivity contribution in [2.24, 2.45) is 0 Å². The Kier molecular flexibility index (Phi) is 3.04. The number of hydrogen-bond acceptors (Lipinski definition) is 1. The van der Waals surface area contributed by atoms with Gasteiger partial charge in [0.2, 0.25) is 0 Å². The molecule has 1 aromatic rings. The van der Waals surface area contributed by atoms with Gasteiger partial charge in [0.25, 0.3) is 0 Å². The van der Waals surface area contributed by atoms with Crippen LogP contribution in [-0.2, 0) is 11.8 Å². The molecule has 1 aliphatic rings. The summed E-state index contributed by atoms with van der Waals surface area (Å²) < 4.78 is 0. The summed E-state index contributed by atoms with van der Waals surface area (Å²) in [5.74, 6) is 0. The quantitative estimate of drug-likeness (QED) is 0.640. The molecule has 0 N–H and O–H groups in total. The maximum atomic E-state index is 2.42. The number of para-hydroxylation sites is 1. The third kappa shape index (κ3) is 2.31. The topological polar surface area (TPSA) is 3.24 Å². The molecule has 0 amide bonds. The van der Waals surface area contributed by atoms with E-state index in [1.165, 1.54) is 16.8 Å². The van der Waals surface area contributed by atoms with E-state index in [4.69, 9.17) is 0 Å². The van der Waals surface area contributed by atoms with Crippen LogP contribution in [0.25, 0.3) is 0 Å². The van der Waals surface area contributed by atoms with Gasteiger partial charge in [-0.25, -0.2) is 0 Å². The van der Waals surface area contributed by atoms with Crippen LogP contribution in [0.3, 0.4) is 0 Å². The molecule has 0 spiro atoms. The summed E-state index contributed by atoms with van der Waals surface area (Å²) in [4.78, 5) is 2.42. The van der Waals surface area contributed by atoms with Gasteiger partial charge < -0.3 is 4.90 Å². The molecule has 0 aliphatic carbocycles. The lowest BCUT2D eigenvalue weighted by Crippen LogP contribution is -2.40. The molecular weight excluding hydrogens is 218 g/mol. The van der Waals surface area contributed by atoms with E-state index >= 15 is 0 Å². The Morgan fingerprint density at radius 3 is 2.22 bits per heavy atom. The van der Waals surface area contributed by atoms with Gasteiger partial charge in [0.15, 0.2) is 0 Å². The summed E-state index contributed by atoms with van der Waals surface area (Å²) in [6.07, 6.45) is 5.56. The number of allylic oxidation sites excluding steroid dienone is 1. The van der Waals surface area contributed by atoms with Gasteiger partial charge in [-0.2, -0.15) is 0 Å². The first-order valence-electron chi connectivity index (χ1n) is 6.79. The van der Waals surface area contributed by atoms with Gasteiger partial charge in [0.05, 0.1) is 0 Å². The minimum Gasteiger partial charge on any atom is -0.343 e. The average Bonchev–Trinajstić information content (AvgIpc) is 2.24. The summed E-state index contributed by atoms with van der Waals surface area (Å²) in [6.45, 7) is 13.7. The van der Waals surface area contributed by atoms with Gasteiger partial charge in [-0.05, 0) is 43.7 Å². The number of nitrogens with zero attached hydrogens (tertiary/aromatic N) is 1. The lowest BCUT2D eigenvalue weighted by molar-refractivity contribution is 0.535. The molecule has 1 aliphatic heterocycles. The van der Waals surface area contributed by atoms with E-state index in [2.05, 4.69) is 76.9 Å². The molecule has 98 valence electrons. The molecule has 1 nitrogen and oxygen atoms in total. The highest BCUT2D eigenvalue weighted by Gasteiger charge is 2.29. The maximum absolute atomic E-state index is 2.42. The van der Waals surface area contributed by atoms with E-state index in [1.807, 2.05) is 0 Å². The molecule has 0 aromatic heterocycles. The van der Waals surface area contributed by atoms with Crippen molar-refractivity contribution in [2.75, 3.05) is 4.90 Å². The summed E-state index contributed by atoms with van der Waals surface area (Å²) in [6, 6.07) is 6.73. The van der Waals surface area contributed by atoms with Gasteiger partial charge >= 0.3 is 0 Å². The van der Waals surface area contributed by atoms with E-state index in [-0.39, 0.29) is 11.0 Å². The van der Waals surface area contributed by atoms with Crippen molar-refractivity contribution in [1.82, 2.24) is 0 Å². The van der Waals surface area contributed by atoms with Crippen molar-refractivity contribution in [1.29, 1.82) is 0 Å². The number of rotatable bonds is 0. The summed E-state index contributed by atoms with van der Waals surface area (Å²) in [5.41, 5.74) is 4.60. The Hall–Kier alpha value is -1.24. The lowest BCUT2D eigenvalue weighted by atomic mass is 9.82. The average molecular weight is 243 g/mol. The standard InChI is InChI=1S/C17H25N/c1-16(2,3)14-11-7-9-13-10-8-12-18(15(13)14)17(4,5)6/h7-9,11-12H,10H2,1-6H3. The van der Waals surface area contributed by atoms with Crippen LogP contribution < -0.4 is 4.90 Å². The number of anilines is 1. The van der Waals surface area contributed by atoms with Crippen LogP contribution in [0.15, 0.2) is 30.5 Å². The fourth-order valence-electron chi connectivity index (χ4n) is 2.56. The highest BCUT2D eigenvalue weighted by atomic mass is 15.2. The smallest absolute Gasteiger partial charge is 0.0484 e. The maximum Gasteiger partial charge on any atom is 0.0484 e. The third-order valence-electron chi connectivity index (χ3n) is 3.48. The van der Waals surface area contributed by atoms with Crippen molar-refractivity contribution in [3.05, 3.63) is 41.6 Å². The number of hydrogen-bond donors (Lipinski definition) is 0. The molecule has 0 bridgehead atoms. The van der Waals surface area contributed by atoms with E-state index in [1.54, 1.807) is 0 Å². The predicted octanol–water partition coefficient (Wildman–Crippen LogP) is 4.66. The van der Waals surface area contributed by atoms with Crippen LogP contribution in [0.2, 0.25) is 0 Å². The first kappa shape index (κ1) is 13.2. The van der Waals surface area contributed by atoms with Crippen molar-refractivity contribution >= 4 is 5.69 Å². The minimum atomic E-state index is 0.118. The monoisotopic (exact) mass is 243 g/mol. The van der Waals surface area contributed by atoms with Crippen LogP contribution in [0.1, 0.15) is 52.7 Å². The largest absolute Gasteiger partial charge is 0.343 e. The van der Waals surface area contributed by atoms with Crippen LogP contribution in [0.5, 0.6) is 0 Å². The second-order valence-electron chi connectivity index (χ2n) is 7.19. The van der Waals surface area contributed by atoms with E-state index < -0.39 is 0 Å². The molecule has 1 heteroatoms. The summed E-state index contributed by atoms with van der Waals surface area (Å²) >= 11 is 0. The van der Waals surface area contributed by atoms with Gasteiger partial charge in [-0.1, -0.05) is 45.0 Å². The Labute approximate surface area is 112 Å². The molecule has 0 atom stereocenters. The molecule has 2 rings (SSSR count). The molecular formula is C17H25N. The third-order valence-corrected chi connectivity index (χ3v) is 3.48. The van der Waals surface area contributed by atoms with E-state index in [0.717, 1.165) is 6.42 Å². The van der Waals surface area contributed by atoms with Gasteiger partial charge in [0, 0.05) is 17.4 Å². The Bertz CT molecular complexity index is 469. The van der Waals surface area contributed by atoms with Crippen molar-refractivity contribution in [3.63, 3.8) is 0 Å². The van der Waals surface area contributed by atoms with Crippen molar-refractivity contribution in [3.8, 4) is 0 Å². The highest BCUT2D eigenvalue weighted by Crippen LogP contribution is 2.40. The minimum absolute atomic E-state index is 0.118. The molecule has 1 aromatic carbocycles. The van der Waals surface area contributed by atoms with Crippen LogP contribution in [0, 0.1) is 0 Å². The van der Waals surface area contributed by atoms with Crippen LogP contribution in [-0.4, -0.2) is 5.54 Å². The fourth-order valence-corrected chi connectivity index (χ4v) is 2.56. The first-order chi connectivity index (χ1) is 8.21. The SMILES string of the molecule is CC(C)(C)c1cccc2c1N(C(C)(C)C)C=CC2. The number of benzene rings is 1. The molecule has 0 radical (unpaired) electrons. The van der Waals surface area contributed by atoms with Crippen molar-refractivity contribution in [2.45, 2.75) is 58.9 Å². The number of fused-ring (bicyclic) bond motifs is 1. The first-order valence-corrected chi connectivity index (χ1v) is 6.79. The molecule has 0 saturated heterocycles. The highest BCUT2D eigenvalue weighted by molar-refractivity contribution is 5.67. The van der Waals surface area contributed by atoms with Gasteiger partial charge in [-0.3, -0.25) is 0 Å². The van der Waals surface area contributed by atoms with Crippen LogP contribution in [0.4, 0.5) is 5.69 Å². The Morgan fingerprint density at radius 2 is 1.67 bits per heavy atom. The normalized spacial score (nSPS) is 15.8. The second-order valence-corrected chi connectivity index (χ2v) is 7.19. The molecule has 0 saturated carbocycles. The molecule has 0 unspecified atom stereocenters. The summed E-state index contributed by atoms with van der Waals surface area (Å²) in [7, 11) is 0. The van der Waals surface area contributed by atoms with Crippen LogP contribution >= 0.6 is 0 Å². The van der Waals surface area contributed by atoms with Crippen molar-refractivity contribution < 1.29 is 0 Å². The molecule has 1 heterocycles.